The summed E-state index contributed by atoms with van der Waals surface area (Å²) in [6.45, 7) is 3.88. The fourth-order valence-electron chi connectivity index (χ4n) is 6.58. The Hall–Kier alpha value is -1.79. The van der Waals surface area contributed by atoms with Crippen molar-refractivity contribution in [2.24, 2.45) is 5.10 Å². The molecule has 1 saturated heterocycles. The van der Waals surface area contributed by atoms with Gasteiger partial charge < -0.3 is 24.1 Å². The molecule has 2 bridgehead atoms. The van der Waals surface area contributed by atoms with Crippen LogP contribution >= 0.6 is 0 Å². The van der Waals surface area contributed by atoms with Gasteiger partial charge >= 0.3 is 0 Å². The van der Waals surface area contributed by atoms with E-state index in [0.29, 0.717) is 12.6 Å². The average Bonchev–Trinajstić information content (AvgIpc) is 3.02. The molecule has 1 aromatic rings. The number of likely N-dealkylation sites (N-methyl/N-ethyl adjacent to an activating group) is 1. The summed E-state index contributed by atoms with van der Waals surface area (Å²) in [6.07, 6.45) is 3.82. The van der Waals surface area contributed by atoms with E-state index in [1.807, 2.05) is 19.1 Å². The first-order chi connectivity index (χ1) is 13.5. The molecule has 2 fully saturated rings. The minimum Gasteiger partial charge on any atom is -0.493 e. The van der Waals surface area contributed by atoms with Gasteiger partial charge in [0.2, 0.25) is 0 Å². The van der Waals surface area contributed by atoms with Crippen molar-refractivity contribution < 1.29 is 14.2 Å². The summed E-state index contributed by atoms with van der Waals surface area (Å²) in [7, 11) is 7.96. The maximum Gasteiger partial charge on any atom is 0.166 e. The normalized spacial score (nSPS) is 36.8. The van der Waals surface area contributed by atoms with Gasteiger partial charge in [0.15, 0.2) is 17.6 Å². The third kappa shape index (κ3) is 2.03. The lowest BCUT2D eigenvalue weighted by atomic mass is 9.48. The van der Waals surface area contributed by atoms with Gasteiger partial charge in [0, 0.05) is 32.3 Å². The Morgan fingerprint density at radius 1 is 1.32 bits per heavy atom. The molecule has 0 aromatic heterocycles. The van der Waals surface area contributed by atoms with Crippen molar-refractivity contribution in [3.63, 3.8) is 0 Å². The first kappa shape index (κ1) is 18.3. The molecule has 2 aliphatic heterocycles. The number of nitrogens with zero attached hydrogens (tertiary/aromatic N) is 3. The van der Waals surface area contributed by atoms with Crippen LogP contribution in [-0.4, -0.2) is 74.8 Å². The highest BCUT2D eigenvalue weighted by atomic mass is 16.5. The molecule has 1 spiro atoms. The van der Waals surface area contributed by atoms with E-state index >= 15 is 0 Å². The van der Waals surface area contributed by atoms with Crippen LogP contribution in [0.5, 0.6) is 11.5 Å². The van der Waals surface area contributed by atoms with Crippen LogP contribution in [-0.2, 0) is 16.6 Å². The molecule has 2 heterocycles. The SMILES string of the molecule is CCO[C@@]12CC/C(=N\N(C)C)[C@@H]3Oc4c(OC)ccc5c4[C@@]31CCN(C)[C@@H]2C5. The first-order valence-electron chi connectivity index (χ1n) is 10.4. The van der Waals surface area contributed by atoms with Crippen molar-refractivity contribution in [1.82, 2.24) is 9.91 Å². The molecule has 28 heavy (non-hydrogen) atoms. The predicted octanol–water partition coefficient (Wildman–Crippen LogP) is 2.44. The van der Waals surface area contributed by atoms with Gasteiger partial charge in [0.1, 0.15) is 0 Å². The van der Waals surface area contributed by atoms with Crippen LogP contribution in [0.4, 0.5) is 0 Å². The lowest BCUT2D eigenvalue weighted by Crippen LogP contribution is -2.77. The van der Waals surface area contributed by atoms with Crippen molar-refractivity contribution >= 4 is 5.71 Å². The van der Waals surface area contributed by atoms with E-state index in [1.54, 1.807) is 7.11 Å². The summed E-state index contributed by atoms with van der Waals surface area (Å²) in [5.74, 6) is 1.75. The highest BCUT2D eigenvalue weighted by molar-refractivity contribution is 5.94. The van der Waals surface area contributed by atoms with Gasteiger partial charge in [-0.05, 0) is 57.8 Å². The first-order valence-corrected chi connectivity index (χ1v) is 10.4. The van der Waals surface area contributed by atoms with Crippen LogP contribution in [0.2, 0.25) is 0 Å². The number of rotatable bonds is 4. The second-order valence-corrected chi connectivity index (χ2v) is 8.81. The van der Waals surface area contributed by atoms with Gasteiger partial charge in [0.25, 0.3) is 0 Å². The Kier molecular flexibility index (Phi) is 3.98. The Balaban J connectivity index is 1.81. The molecule has 0 amide bonds. The highest BCUT2D eigenvalue weighted by Gasteiger charge is 2.73. The summed E-state index contributed by atoms with van der Waals surface area (Å²) in [4.78, 5) is 2.51. The van der Waals surface area contributed by atoms with E-state index in [0.717, 1.165) is 49.4 Å². The summed E-state index contributed by atoms with van der Waals surface area (Å²) < 4.78 is 19.2. The fraction of sp³-hybridized carbons (Fsp3) is 0.682. The quantitative estimate of drug-likeness (QED) is 0.745. The molecule has 1 aromatic carbocycles. The van der Waals surface area contributed by atoms with E-state index in [-0.39, 0.29) is 17.1 Å². The Bertz CT molecular complexity index is 839. The smallest absolute Gasteiger partial charge is 0.166 e. The molecule has 6 heteroatoms. The van der Waals surface area contributed by atoms with Crippen LogP contribution < -0.4 is 9.47 Å². The summed E-state index contributed by atoms with van der Waals surface area (Å²) >= 11 is 0. The van der Waals surface area contributed by atoms with Crippen molar-refractivity contribution in [2.75, 3.05) is 41.4 Å². The van der Waals surface area contributed by atoms with Gasteiger partial charge in [-0.1, -0.05) is 6.07 Å². The second-order valence-electron chi connectivity index (χ2n) is 8.81. The third-order valence-corrected chi connectivity index (χ3v) is 7.44. The molecule has 1 saturated carbocycles. The maximum atomic E-state index is 6.76. The predicted molar refractivity (Wildman–Crippen MR) is 109 cm³/mol. The molecule has 5 rings (SSSR count). The number of methoxy groups -OCH3 is 1. The zero-order chi connectivity index (χ0) is 19.7. The average molecular weight is 386 g/mol. The molecular weight excluding hydrogens is 354 g/mol. The molecule has 6 nitrogen and oxygen atoms in total. The van der Waals surface area contributed by atoms with E-state index in [2.05, 4.69) is 31.0 Å². The summed E-state index contributed by atoms with van der Waals surface area (Å²) in [6, 6.07) is 4.67. The van der Waals surface area contributed by atoms with Gasteiger partial charge in [-0.2, -0.15) is 5.10 Å². The zero-order valence-electron chi connectivity index (χ0n) is 17.6. The monoisotopic (exact) mass is 385 g/mol. The van der Waals surface area contributed by atoms with Gasteiger partial charge in [-0.15, -0.1) is 0 Å². The number of hydrogen-bond acceptors (Lipinski definition) is 6. The molecule has 152 valence electrons. The Morgan fingerprint density at radius 3 is 2.86 bits per heavy atom. The summed E-state index contributed by atoms with van der Waals surface area (Å²) in [5, 5.41) is 6.78. The van der Waals surface area contributed by atoms with Crippen LogP contribution in [0.15, 0.2) is 17.2 Å². The van der Waals surface area contributed by atoms with Crippen LogP contribution in [0.25, 0.3) is 0 Å². The van der Waals surface area contributed by atoms with E-state index in [9.17, 15) is 0 Å². The minimum atomic E-state index is -0.241. The molecule has 4 aliphatic rings. The summed E-state index contributed by atoms with van der Waals surface area (Å²) in [5.41, 5.74) is 3.42. The minimum absolute atomic E-state index is 0.0863. The number of hydrogen-bond donors (Lipinski definition) is 0. The number of ether oxygens (including phenoxy) is 3. The molecule has 4 atom stereocenters. The number of benzene rings is 1. The lowest BCUT2D eigenvalue weighted by molar-refractivity contribution is -0.193. The van der Waals surface area contributed by atoms with Gasteiger partial charge in [-0.25, -0.2) is 0 Å². The molecule has 0 N–H and O–H groups in total. The molecule has 2 aliphatic carbocycles. The number of hydrazone groups is 1. The molecule has 0 unspecified atom stereocenters. The van der Waals surface area contributed by atoms with Crippen LogP contribution in [0.1, 0.15) is 37.3 Å². The molecular formula is C22H31N3O3. The zero-order valence-corrected chi connectivity index (χ0v) is 17.6. The standard InChI is InChI=1S/C22H31N3O3/c1-6-27-22-10-9-15(23-24(2)3)20-21(22)11-12-25(4)17(22)13-14-7-8-16(26-5)19(28-20)18(14)21/h7-8,17,20H,6,9-13H2,1-5H3/b23-15+/t17-,20+,21+,22-/m1/s1. The van der Waals surface area contributed by atoms with Crippen LogP contribution in [0.3, 0.4) is 0 Å². The van der Waals surface area contributed by atoms with Crippen molar-refractivity contribution in [1.29, 1.82) is 0 Å². The second kappa shape index (κ2) is 6.10. The Labute approximate surface area is 167 Å². The van der Waals surface area contributed by atoms with E-state index < -0.39 is 0 Å². The fourth-order valence-corrected chi connectivity index (χ4v) is 6.58. The highest BCUT2D eigenvalue weighted by Crippen LogP contribution is 2.66. The van der Waals surface area contributed by atoms with E-state index in [4.69, 9.17) is 19.3 Å². The third-order valence-electron chi connectivity index (χ3n) is 7.44. The van der Waals surface area contributed by atoms with Gasteiger partial charge in [-0.3, -0.25) is 0 Å². The van der Waals surface area contributed by atoms with Gasteiger partial charge in [0.05, 0.1) is 23.8 Å². The Morgan fingerprint density at radius 2 is 2.14 bits per heavy atom. The maximum absolute atomic E-state index is 6.76. The van der Waals surface area contributed by atoms with Crippen molar-refractivity contribution in [3.05, 3.63) is 23.3 Å². The van der Waals surface area contributed by atoms with Crippen molar-refractivity contribution in [3.8, 4) is 11.5 Å². The largest absolute Gasteiger partial charge is 0.493 e. The number of likely N-dealkylation sites (tertiary alicyclic amines) is 1. The van der Waals surface area contributed by atoms with Crippen LogP contribution in [0, 0.1) is 0 Å². The number of piperidine rings is 1. The van der Waals surface area contributed by atoms with Crippen molar-refractivity contribution in [2.45, 2.75) is 55.8 Å². The topological polar surface area (TPSA) is 46.5 Å². The lowest BCUT2D eigenvalue weighted by Gasteiger charge is -2.64. The molecule has 0 radical (unpaired) electrons. The van der Waals surface area contributed by atoms with E-state index in [1.165, 1.54) is 11.1 Å².